The van der Waals surface area contributed by atoms with Crippen LogP contribution in [0.3, 0.4) is 0 Å². The zero-order chi connectivity index (χ0) is 15.5. The fourth-order valence-corrected chi connectivity index (χ4v) is 2.67. The van der Waals surface area contributed by atoms with E-state index in [0.29, 0.717) is 5.56 Å². The number of alkyl halides is 3. The number of phenols is 1. The van der Waals surface area contributed by atoms with Crippen LogP contribution in [0.1, 0.15) is 31.2 Å². The van der Waals surface area contributed by atoms with Crippen LogP contribution in [0, 0.1) is 11.8 Å². The van der Waals surface area contributed by atoms with Gasteiger partial charge in [-0.2, -0.15) is 13.2 Å². The standard InChI is InChI=1S/C15H18F3NO2/c16-15(17,18)12-7-5-10(6-8-12)14(21)19-9-11-3-1-2-4-13(11)20/h1-4,10,12,20H,5-9H2,(H,19,21). The summed E-state index contributed by atoms with van der Waals surface area (Å²) in [6, 6.07) is 6.64. The van der Waals surface area contributed by atoms with Gasteiger partial charge in [0.2, 0.25) is 5.91 Å². The van der Waals surface area contributed by atoms with Crippen molar-refractivity contribution in [3.8, 4) is 5.75 Å². The van der Waals surface area contributed by atoms with Crippen molar-refractivity contribution in [1.82, 2.24) is 5.32 Å². The van der Waals surface area contributed by atoms with Gasteiger partial charge in [-0.05, 0) is 31.7 Å². The molecule has 0 radical (unpaired) electrons. The van der Waals surface area contributed by atoms with E-state index in [2.05, 4.69) is 5.32 Å². The number of benzene rings is 1. The van der Waals surface area contributed by atoms with Gasteiger partial charge in [0.15, 0.2) is 0 Å². The van der Waals surface area contributed by atoms with E-state index in [4.69, 9.17) is 0 Å². The summed E-state index contributed by atoms with van der Waals surface area (Å²) in [4.78, 5) is 12.0. The molecule has 0 atom stereocenters. The van der Waals surface area contributed by atoms with Crippen LogP contribution >= 0.6 is 0 Å². The molecule has 3 nitrogen and oxygen atoms in total. The number of para-hydroxylation sites is 1. The molecule has 1 fully saturated rings. The molecule has 2 rings (SSSR count). The van der Waals surface area contributed by atoms with E-state index in [-0.39, 0.29) is 49.8 Å². The first kappa shape index (κ1) is 15.7. The summed E-state index contributed by atoms with van der Waals surface area (Å²) in [7, 11) is 0. The summed E-state index contributed by atoms with van der Waals surface area (Å²) in [5.41, 5.74) is 0.592. The zero-order valence-electron chi connectivity index (χ0n) is 11.5. The third kappa shape index (κ3) is 4.12. The van der Waals surface area contributed by atoms with Crippen molar-refractivity contribution in [3.05, 3.63) is 29.8 Å². The Morgan fingerprint density at radius 1 is 1.19 bits per heavy atom. The van der Waals surface area contributed by atoms with E-state index in [1.807, 2.05) is 0 Å². The minimum Gasteiger partial charge on any atom is -0.508 e. The highest BCUT2D eigenvalue weighted by atomic mass is 19.4. The highest BCUT2D eigenvalue weighted by Crippen LogP contribution is 2.39. The van der Waals surface area contributed by atoms with Crippen LogP contribution in [0.15, 0.2) is 24.3 Å². The van der Waals surface area contributed by atoms with Crippen LogP contribution in [0.2, 0.25) is 0 Å². The Morgan fingerprint density at radius 2 is 1.81 bits per heavy atom. The maximum Gasteiger partial charge on any atom is 0.391 e. The summed E-state index contributed by atoms with van der Waals surface area (Å²) in [6.07, 6.45) is -3.61. The van der Waals surface area contributed by atoms with Gasteiger partial charge in [-0.1, -0.05) is 18.2 Å². The lowest BCUT2D eigenvalue weighted by atomic mass is 9.81. The Labute approximate surface area is 121 Å². The second-order valence-electron chi connectivity index (χ2n) is 5.44. The van der Waals surface area contributed by atoms with E-state index < -0.39 is 12.1 Å². The van der Waals surface area contributed by atoms with Gasteiger partial charge in [0.05, 0.1) is 5.92 Å². The summed E-state index contributed by atoms with van der Waals surface area (Å²) in [6.45, 7) is 0.185. The van der Waals surface area contributed by atoms with Gasteiger partial charge in [0.1, 0.15) is 5.75 Å². The Balaban J connectivity index is 1.82. The molecule has 1 aromatic carbocycles. The molecule has 1 aromatic rings. The quantitative estimate of drug-likeness (QED) is 0.899. The van der Waals surface area contributed by atoms with Gasteiger partial charge in [0.25, 0.3) is 0 Å². The monoisotopic (exact) mass is 301 g/mol. The topological polar surface area (TPSA) is 49.3 Å². The van der Waals surface area contributed by atoms with E-state index in [9.17, 15) is 23.1 Å². The molecule has 6 heteroatoms. The number of hydrogen-bond acceptors (Lipinski definition) is 2. The maximum absolute atomic E-state index is 12.6. The van der Waals surface area contributed by atoms with Gasteiger partial charge in [0, 0.05) is 18.0 Å². The Hall–Kier alpha value is -1.72. The van der Waals surface area contributed by atoms with Crippen molar-refractivity contribution < 1.29 is 23.1 Å². The third-order valence-corrected chi connectivity index (χ3v) is 4.01. The smallest absolute Gasteiger partial charge is 0.391 e. The van der Waals surface area contributed by atoms with Gasteiger partial charge >= 0.3 is 6.18 Å². The number of phenolic OH excluding ortho intramolecular Hbond substituents is 1. The van der Waals surface area contributed by atoms with Crippen LogP contribution in [-0.2, 0) is 11.3 Å². The molecule has 0 bridgehead atoms. The third-order valence-electron chi connectivity index (χ3n) is 4.01. The van der Waals surface area contributed by atoms with Gasteiger partial charge in [-0.15, -0.1) is 0 Å². The molecule has 1 aliphatic carbocycles. The van der Waals surface area contributed by atoms with Gasteiger partial charge in [-0.3, -0.25) is 4.79 Å². The largest absolute Gasteiger partial charge is 0.508 e. The van der Waals surface area contributed by atoms with E-state index in [0.717, 1.165) is 0 Å². The number of aromatic hydroxyl groups is 1. The summed E-state index contributed by atoms with van der Waals surface area (Å²) in [5.74, 6) is -1.79. The Bertz CT molecular complexity index is 494. The van der Waals surface area contributed by atoms with E-state index >= 15 is 0 Å². The predicted octanol–water partition coefficient (Wildman–Crippen LogP) is 3.38. The molecule has 0 heterocycles. The molecule has 2 N–H and O–H groups in total. The van der Waals surface area contributed by atoms with Gasteiger partial charge in [-0.25, -0.2) is 0 Å². The van der Waals surface area contributed by atoms with Crippen LogP contribution in [0.4, 0.5) is 13.2 Å². The van der Waals surface area contributed by atoms with E-state index in [1.165, 1.54) is 6.07 Å². The van der Waals surface area contributed by atoms with Crippen molar-refractivity contribution in [2.24, 2.45) is 11.8 Å². The van der Waals surface area contributed by atoms with Crippen molar-refractivity contribution >= 4 is 5.91 Å². The number of carbonyl (C=O) groups excluding carboxylic acids is 1. The van der Waals surface area contributed by atoms with Crippen molar-refractivity contribution in [1.29, 1.82) is 0 Å². The molecule has 1 saturated carbocycles. The van der Waals surface area contributed by atoms with Crippen molar-refractivity contribution in [2.75, 3.05) is 0 Å². The molecule has 1 amide bonds. The number of carbonyl (C=O) groups is 1. The van der Waals surface area contributed by atoms with Crippen LogP contribution < -0.4 is 5.32 Å². The Kier molecular flexibility index (Phi) is 4.75. The number of halogens is 3. The fourth-order valence-electron chi connectivity index (χ4n) is 2.67. The minimum absolute atomic E-state index is 0.0121. The molecule has 21 heavy (non-hydrogen) atoms. The number of nitrogens with one attached hydrogen (secondary N) is 1. The average molecular weight is 301 g/mol. The average Bonchev–Trinajstić information content (AvgIpc) is 2.45. The SMILES string of the molecule is O=C(NCc1ccccc1O)C1CCC(C(F)(F)F)CC1. The second kappa shape index (κ2) is 6.37. The molecule has 0 aromatic heterocycles. The molecule has 0 saturated heterocycles. The lowest BCUT2D eigenvalue weighted by Crippen LogP contribution is -2.35. The number of hydrogen-bond donors (Lipinski definition) is 2. The fraction of sp³-hybridized carbons (Fsp3) is 0.533. The number of amides is 1. The highest BCUT2D eigenvalue weighted by Gasteiger charge is 2.42. The molecule has 116 valence electrons. The predicted molar refractivity (Wildman–Crippen MR) is 71.5 cm³/mol. The van der Waals surface area contributed by atoms with Crippen LogP contribution in [-0.4, -0.2) is 17.2 Å². The molecular formula is C15H18F3NO2. The van der Waals surface area contributed by atoms with Crippen molar-refractivity contribution in [3.63, 3.8) is 0 Å². The highest BCUT2D eigenvalue weighted by molar-refractivity contribution is 5.78. The molecule has 0 spiro atoms. The maximum atomic E-state index is 12.6. The second-order valence-corrected chi connectivity index (χ2v) is 5.44. The minimum atomic E-state index is -4.16. The molecule has 0 unspecified atom stereocenters. The molecular weight excluding hydrogens is 283 g/mol. The van der Waals surface area contributed by atoms with E-state index in [1.54, 1.807) is 18.2 Å². The Morgan fingerprint density at radius 3 is 2.38 bits per heavy atom. The van der Waals surface area contributed by atoms with Crippen LogP contribution in [0.25, 0.3) is 0 Å². The van der Waals surface area contributed by atoms with Gasteiger partial charge < -0.3 is 10.4 Å². The summed E-state index contributed by atoms with van der Waals surface area (Å²) >= 11 is 0. The lowest BCUT2D eigenvalue weighted by molar-refractivity contribution is -0.184. The first-order valence-electron chi connectivity index (χ1n) is 6.99. The molecule has 1 aliphatic rings. The summed E-state index contributed by atoms with van der Waals surface area (Å²) < 4.78 is 37.7. The zero-order valence-corrected chi connectivity index (χ0v) is 11.5. The van der Waals surface area contributed by atoms with Crippen LogP contribution in [0.5, 0.6) is 5.75 Å². The summed E-state index contributed by atoms with van der Waals surface area (Å²) in [5, 5.41) is 12.3. The number of rotatable bonds is 3. The first-order chi connectivity index (χ1) is 9.88. The molecule has 0 aliphatic heterocycles. The first-order valence-corrected chi connectivity index (χ1v) is 6.99. The lowest BCUT2D eigenvalue weighted by Gasteiger charge is -2.29. The normalized spacial score (nSPS) is 22.8. The van der Waals surface area contributed by atoms with Crippen molar-refractivity contribution in [2.45, 2.75) is 38.4 Å².